The van der Waals surface area contributed by atoms with E-state index in [1.807, 2.05) is 61.5 Å². The number of nitrogens with zero attached hydrogens (tertiary/aromatic N) is 4. The lowest BCUT2D eigenvalue weighted by Crippen LogP contribution is -2.49. The lowest BCUT2D eigenvalue weighted by molar-refractivity contribution is -0.385. The molecular formula is C26H31N5O4S. The van der Waals surface area contributed by atoms with Crippen molar-refractivity contribution in [2.45, 2.75) is 10.9 Å². The Morgan fingerprint density at radius 3 is 2.22 bits per heavy atom. The molecule has 1 fully saturated rings. The van der Waals surface area contributed by atoms with Crippen LogP contribution in [0.1, 0.15) is 11.6 Å². The average molecular weight is 510 g/mol. The zero-order valence-electron chi connectivity index (χ0n) is 20.4. The van der Waals surface area contributed by atoms with Gasteiger partial charge in [0.1, 0.15) is 0 Å². The molecule has 0 radical (unpaired) electrons. The molecule has 10 heteroatoms. The first-order chi connectivity index (χ1) is 17.2. The van der Waals surface area contributed by atoms with E-state index in [2.05, 4.69) is 26.7 Å². The largest absolute Gasteiger partial charge is 0.378 e. The molecule has 0 bridgehead atoms. The molecule has 1 unspecified atom stereocenters. The van der Waals surface area contributed by atoms with E-state index < -0.39 is 14.9 Å². The summed E-state index contributed by atoms with van der Waals surface area (Å²) >= 11 is 0. The Labute approximate surface area is 212 Å². The maximum atomic E-state index is 13.0. The van der Waals surface area contributed by atoms with E-state index in [0.29, 0.717) is 0 Å². The van der Waals surface area contributed by atoms with Crippen molar-refractivity contribution in [1.29, 1.82) is 0 Å². The third-order valence-corrected chi connectivity index (χ3v) is 7.90. The zero-order chi connectivity index (χ0) is 25.7. The second-order valence-corrected chi connectivity index (χ2v) is 10.7. The molecule has 1 N–H and O–H groups in total. The van der Waals surface area contributed by atoms with Crippen molar-refractivity contribution in [3.8, 4) is 0 Å². The van der Waals surface area contributed by atoms with Gasteiger partial charge in [-0.3, -0.25) is 15.0 Å². The lowest BCUT2D eigenvalue weighted by atomic mass is 10.0. The topological polar surface area (TPSA) is 99.0 Å². The number of anilines is 2. The number of piperazine rings is 1. The van der Waals surface area contributed by atoms with E-state index in [0.717, 1.165) is 43.5 Å². The van der Waals surface area contributed by atoms with E-state index in [-0.39, 0.29) is 23.2 Å². The van der Waals surface area contributed by atoms with Gasteiger partial charge in [0.15, 0.2) is 0 Å². The minimum absolute atomic E-state index is 0.118. The fourth-order valence-electron chi connectivity index (χ4n) is 4.42. The molecule has 0 amide bonds. The number of sulfonamides is 1. The Balaban J connectivity index is 1.53. The van der Waals surface area contributed by atoms with Crippen molar-refractivity contribution >= 4 is 27.1 Å². The monoisotopic (exact) mass is 509 g/mol. The Hall–Kier alpha value is -3.47. The van der Waals surface area contributed by atoms with Crippen molar-refractivity contribution in [3.63, 3.8) is 0 Å². The number of benzene rings is 3. The molecule has 0 aliphatic carbocycles. The normalized spacial score (nSPS) is 15.4. The van der Waals surface area contributed by atoms with Gasteiger partial charge in [0, 0.05) is 76.4 Å². The van der Waals surface area contributed by atoms with Crippen LogP contribution in [0.3, 0.4) is 0 Å². The summed E-state index contributed by atoms with van der Waals surface area (Å²) in [5.74, 6) is 0. The van der Waals surface area contributed by atoms with Crippen LogP contribution in [0.5, 0.6) is 0 Å². The molecule has 190 valence electrons. The number of non-ortho nitro benzene ring substituents is 1. The highest BCUT2D eigenvalue weighted by molar-refractivity contribution is 7.89. The summed E-state index contributed by atoms with van der Waals surface area (Å²) in [5.41, 5.74) is 2.99. The number of nitro benzene ring substituents is 1. The van der Waals surface area contributed by atoms with Gasteiger partial charge < -0.3 is 9.80 Å². The number of rotatable bonds is 9. The third-order valence-electron chi connectivity index (χ3n) is 6.48. The quantitative estimate of drug-likeness (QED) is 0.348. The summed E-state index contributed by atoms with van der Waals surface area (Å²) in [5, 5.41) is 11.1. The smallest absolute Gasteiger partial charge is 0.270 e. The van der Waals surface area contributed by atoms with Gasteiger partial charge in [-0.1, -0.05) is 36.4 Å². The molecule has 0 spiro atoms. The van der Waals surface area contributed by atoms with Crippen molar-refractivity contribution in [3.05, 3.63) is 94.5 Å². The second-order valence-electron chi connectivity index (χ2n) is 8.97. The van der Waals surface area contributed by atoms with Crippen LogP contribution in [-0.4, -0.2) is 65.1 Å². The van der Waals surface area contributed by atoms with E-state index in [9.17, 15) is 18.5 Å². The highest BCUT2D eigenvalue weighted by Crippen LogP contribution is 2.26. The van der Waals surface area contributed by atoms with Gasteiger partial charge in [-0.05, 0) is 35.9 Å². The van der Waals surface area contributed by atoms with Crippen LogP contribution in [-0.2, 0) is 10.0 Å². The highest BCUT2D eigenvalue weighted by Gasteiger charge is 2.27. The van der Waals surface area contributed by atoms with Gasteiger partial charge in [0.2, 0.25) is 10.0 Å². The van der Waals surface area contributed by atoms with E-state index in [1.165, 1.54) is 23.9 Å². The Morgan fingerprint density at radius 2 is 1.61 bits per heavy atom. The standard InChI is InChI=1S/C26H31N5O4S/c1-28(2)22-13-11-21(12-14-22)26(30-17-15-29(16-18-30)23-7-4-3-5-8-23)20-27-36(34,35)25-10-6-9-24(19-25)31(32)33/h3-14,19,26-27H,15-18,20H2,1-2H3. The predicted molar refractivity (Wildman–Crippen MR) is 142 cm³/mol. The first-order valence-corrected chi connectivity index (χ1v) is 13.3. The maximum absolute atomic E-state index is 13.0. The second kappa shape index (κ2) is 11.1. The van der Waals surface area contributed by atoms with Crippen molar-refractivity contribution < 1.29 is 13.3 Å². The molecule has 1 atom stereocenters. The van der Waals surface area contributed by atoms with Crippen LogP contribution in [0.25, 0.3) is 0 Å². The van der Waals surface area contributed by atoms with E-state index in [4.69, 9.17) is 0 Å². The molecular weight excluding hydrogens is 478 g/mol. The fraction of sp³-hybridized carbons (Fsp3) is 0.308. The first-order valence-electron chi connectivity index (χ1n) is 11.8. The molecule has 36 heavy (non-hydrogen) atoms. The highest BCUT2D eigenvalue weighted by atomic mass is 32.2. The molecule has 4 rings (SSSR count). The molecule has 1 aliphatic rings. The van der Waals surface area contributed by atoms with Gasteiger partial charge in [-0.25, -0.2) is 13.1 Å². The van der Waals surface area contributed by atoms with Crippen molar-refractivity contribution in [2.75, 3.05) is 56.6 Å². The van der Waals surface area contributed by atoms with Crippen LogP contribution in [0.2, 0.25) is 0 Å². The molecule has 3 aromatic carbocycles. The molecule has 0 aromatic heterocycles. The number of nitro groups is 1. The Kier molecular flexibility index (Phi) is 7.88. The van der Waals surface area contributed by atoms with E-state index >= 15 is 0 Å². The molecule has 0 saturated carbocycles. The predicted octanol–water partition coefficient (Wildman–Crippen LogP) is 3.50. The van der Waals surface area contributed by atoms with Gasteiger partial charge in [0.25, 0.3) is 5.69 Å². The summed E-state index contributed by atoms with van der Waals surface area (Å²) < 4.78 is 28.8. The van der Waals surface area contributed by atoms with Crippen LogP contribution >= 0.6 is 0 Å². The van der Waals surface area contributed by atoms with E-state index in [1.54, 1.807) is 0 Å². The van der Waals surface area contributed by atoms with Crippen molar-refractivity contribution in [2.24, 2.45) is 0 Å². The summed E-state index contributed by atoms with van der Waals surface area (Å²) in [6.45, 7) is 3.35. The molecule has 9 nitrogen and oxygen atoms in total. The summed E-state index contributed by atoms with van der Waals surface area (Å²) in [6, 6.07) is 23.3. The maximum Gasteiger partial charge on any atom is 0.270 e. The first kappa shape index (κ1) is 25.6. The average Bonchev–Trinajstić information content (AvgIpc) is 2.90. The van der Waals surface area contributed by atoms with Crippen molar-refractivity contribution in [1.82, 2.24) is 9.62 Å². The SMILES string of the molecule is CN(C)c1ccc(C(CNS(=O)(=O)c2cccc([N+](=O)[O-])c2)N2CCN(c3ccccc3)CC2)cc1. The summed E-state index contributed by atoms with van der Waals surface area (Å²) in [7, 11) is 0.0162. The van der Waals surface area contributed by atoms with Crippen LogP contribution < -0.4 is 14.5 Å². The zero-order valence-corrected chi connectivity index (χ0v) is 21.3. The number of hydrogen-bond acceptors (Lipinski definition) is 7. The van der Waals surface area contributed by atoms with Crippen LogP contribution in [0, 0.1) is 10.1 Å². The number of nitrogens with one attached hydrogen (secondary N) is 1. The fourth-order valence-corrected chi connectivity index (χ4v) is 5.50. The Morgan fingerprint density at radius 1 is 0.944 bits per heavy atom. The van der Waals surface area contributed by atoms with Crippen LogP contribution in [0.4, 0.5) is 17.1 Å². The van der Waals surface area contributed by atoms with Gasteiger partial charge in [0.05, 0.1) is 9.82 Å². The number of para-hydroxylation sites is 1. The molecule has 1 saturated heterocycles. The Bertz CT molecular complexity index is 1280. The minimum atomic E-state index is -3.93. The van der Waals surface area contributed by atoms with Gasteiger partial charge in [-0.2, -0.15) is 0 Å². The summed E-state index contributed by atoms with van der Waals surface area (Å²) in [4.78, 5) is 17.0. The minimum Gasteiger partial charge on any atom is -0.378 e. The van der Waals surface area contributed by atoms with Crippen LogP contribution in [0.15, 0.2) is 83.8 Å². The summed E-state index contributed by atoms with van der Waals surface area (Å²) in [6.07, 6.45) is 0. The van der Waals surface area contributed by atoms with Gasteiger partial charge in [-0.15, -0.1) is 0 Å². The molecule has 1 aliphatic heterocycles. The molecule has 1 heterocycles. The van der Waals surface area contributed by atoms with Gasteiger partial charge >= 0.3 is 0 Å². The third kappa shape index (κ3) is 6.01. The number of hydrogen-bond donors (Lipinski definition) is 1. The lowest BCUT2D eigenvalue weighted by Gasteiger charge is -2.40. The molecule has 3 aromatic rings.